The van der Waals surface area contributed by atoms with Crippen LogP contribution in [-0.4, -0.2) is 5.78 Å². The molecule has 0 N–H and O–H groups in total. The van der Waals surface area contributed by atoms with E-state index in [2.05, 4.69) is 30.3 Å². The van der Waals surface area contributed by atoms with Crippen LogP contribution in [0, 0.1) is 0 Å². The van der Waals surface area contributed by atoms with Crippen molar-refractivity contribution < 1.29 is 4.79 Å². The Kier molecular flexibility index (Phi) is 2.52. The molecule has 0 spiro atoms. The molecule has 3 rings (SSSR count). The summed E-state index contributed by atoms with van der Waals surface area (Å²) in [6, 6.07) is 14.4. The van der Waals surface area contributed by atoms with E-state index >= 15 is 0 Å². The van der Waals surface area contributed by atoms with Crippen LogP contribution in [-0.2, 0) is 4.79 Å². The lowest BCUT2D eigenvalue weighted by molar-refractivity contribution is -0.114. The molecular weight excluding hydrogens is 208 g/mol. The lowest BCUT2D eigenvalue weighted by Gasteiger charge is -2.13. The lowest BCUT2D eigenvalue weighted by Crippen LogP contribution is -2.06. The van der Waals surface area contributed by atoms with Crippen LogP contribution in [0.25, 0.3) is 16.3 Å². The van der Waals surface area contributed by atoms with E-state index < -0.39 is 0 Å². The van der Waals surface area contributed by atoms with E-state index in [1.165, 1.54) is 10.8 Å². The molecule has 2 aromatic carbocycles. The molecule has 1 heteroatoms. The molecule has 84 valence electrons. The number of hydrogen-bond donors (Lipinski definition) is 0. The average molecular weight is 222 g/mol. The van der Waals surface area contributed by atoms with Gasteiger partial charge in [-0.2, -0.15) is 0 Å². The topological polar surface area (TPSA) is 17.1 Å². The van der Waals surface area contributed by atoms with E-state index in [1.54, 1.807) is 0 Å². The second-order valence-corrected chi connectivity index (χ2v) is 4.46. The minimum atomic E-state index is 0.285. The molecule has 1 nitrogen and oxygen atoms in total. The second kappa shape index (κ2) is 4.17. The van der Waals surface area contributed by atoms with Gasteiger partial charge < -0.3 is 0 Å². The Balaban J connectivity index is 2.23. The number of hydrogen-bond acceptors (Lipinski definition) is 1. The minimum absolute atomic E-state index is 0.285. The maximum absolute atomic E-state index is 12.0. The highest BCUT2D eigenvalue weighted by Gasteiger charge is 2.16. The predicted molar refractivity (Wildman–Crippen MR) is 70.8 cm³/mol. The second-order valence-electron chi connectivity index (χ2n) is 4.46. The molecule has 0 aliphatic heterocycles. The van der Waals surface area contributed by atoms with Crippen molar-refractivity contribution in [2.24, 2.45) is 0 Å². The molecule has 2 aromatic rings. The third-order valence-electron chi connectivity index (χ3n) is 3.34. The monoisotopic (exact) mass is 222 g/mol. The molecule has 1 aliphatic rings. The van der Waals surface area contributed by atoms with Crippen LogP contribution in [0.1, 0.15) is 24.8 Å². The van der Waals surface area contributed by atoms with E-state index in [0.29, 0.717) is 6.42 Å². The number of Topliss-reactive ketones (excluding diaryl/α,β-unsaturated/α-hetero) is 1. The molecule has 0 atom stereocenters. The van der Waals surface area contributed by atoms with E-state index in [1.807, 2.05) is 18.2 Å². The van der Waals surface area contributed by atoms with Crippen LogP contribution >= 0.6 is 0 Å². The van der Waals surface area contributed by atoms with Crippen LogP contribution < -0.4 is 0 Å². The number of allylic oxidation sites excluding steroid dienone is 2. The Morgan fingerprint density at radius 3 is 2.65 bits per heavy atom. The third-order valence-corrected chi connectivity index (χ3v) is 3.34. The quantitative estimate of drug-likeness (QED) is 0.713. The van der Waals surface area contributed by atoms with E-state index in [4.69, 9.17) is 0 Å². The zero-order chi connectivity index (χ0) is 11.7. The van der Waals surface area contributed by atoms with Gasteiger partial charge in [-0.1, -0.05) is 48.5 Å². The minimum Gasteiger partial charge on any atom is -0.294 e. The van der Waals surface area contributed by atoms with E-state index in [-0.39, 0.29) is 5.78 Å². The first-order chi connectivity index (χ1) is 8.36. The molecular formula is C16H14O. The van der Waals surface area contributed by atoms with Gasteiger partial charge in [-0.25, -0.2) is 0 Å². The summed E-state index contributed by atoms with van der Waals surface area (Å²) in [5, 5.41) is 2.38. The fourth-order valence-corrected chi connectivity index (χ4v) is 2.48. The zero-order valence-corrected chi connectivity index (χ0v) is 9.65. The summed E-state index contributed by atoms with van der Waals surface area (Å²) < 4.78 is 0. The van der Waals surface area contributed by atoms with Gasteiger partial charge in [-0.3, -0.25) is 4.79 Å². The molecule has 0 unspecified atom stereocenters. The van der Waals surface area contributed by atoms with Crippen molar-refractivity contribution >= 4 is 22.1 Å². The summed E-state index contributed by atoms with van der Waals surface area (Å²) in [4.78, 5) is 12.0. The van der Waals surface area contributed by atoms with Crippen LogP contribution in [0.2, 0.25) is 0 Å². The highest BCUT2D eigenvalue weighted by atomic mass is 16.1. The van der Waals surface area contributed by atoms with E-state index in [0.717, 1.165) is 24.0 Å². The maximum Gasteiger partial charge on any atom is 0.163 e. The number of rotatable bonds is 1. The summed E-state index contributed by atoms with van der Waals surface area (Å²) in [5.74, 6) is 0.285. The summed E-state index contributed by atoms with van der Waals surface area (Å²) in [5.41, 5.74) is 2.00. The van der Waals surface area contributed by atoms with E-state index in [9.17, 15) is 4.79 Å². The average Bonchev–Trinajstić information content (AvgIpc) is 2.39. The molecule has 0 heterocycles. The highest BCUT2D eigenvalue weighted by molar-refractivity contribution is 6.24. The van der Waals surface area contributed by atoms with Gasteiger partial charge in [-0.05, 0) is 29.2 Å². The fraction of sp³-hybridized carbons (Fsp3) is 0.188. The van der Waals surface area contributed by atoms with Gasteiger partial charge >= 0.3 is 0 Å². The maximum atomic E-state index is 12.0. The van der Waals surface area contributed by atoms with Gasteiger partial charge in [0.25, 0.3) is 0 Å². The standard InChI is InChI=1S/C16H14O/c17-16-11-4-3-9-15(16)14-10-5-7-12-6-1-2-8-13(12)14/h1-2,5-10H,3-4,11H2. The van der Waals surface area contributed by atoms with Gasteiger partial charge in [-0.15, -0.1) is 0 Å². The van der Waals surface area contributed by atoms with Gasteiger partial charge in [0.2, 0.25) is 0 Å². The van der Waals surface area contributed by atoms with Crippen molar-refractivity contribution in [3.8, 4) is 0 Å². The molecule has 0 amide bonds. The zero-order valence-electron chi connectivity index (χ0n) is 9.65. The van der Waals surface area contributed by atoms with Gasteiger partial charge in [0.05, 0.1) is 0 Å². The fourth-order valence-electron chi connectivity index (χ4n) is 2.48. The van der Waals surface area contributed by atoms with Crippen LogP contribution in [0.15, 0.2) is 48.5 Å². The molecule has 1 aliphatic carbocycles. The van der Waals surface area contributed by atoms with Crippen molar-refractivity contribution in [2.45, 2.75) is 19.3 Å². The smallest absolute Gasteiger partial charge is 0.163 e. The first-order valence-corrected chi connectivity index (χ1v) is 6.08. The van der Waals surface area contributed by atoms with Crippen molar-refractivity contribution in [2.75, 3.05) is 0 Å². The SMILES string of the molecule is O=C1CCCC=C1c1cccc2ccccc12. The third kappa shape index (κ3) is 1.78. The molecule has 0 radical (unpaired) electrons. The summed E-state index contributed by atoms with van der Waals surface area (Å²) >= 11 is 0. The molecule has 0 bridgehead atoms. The predicted octanol–water partition coefficient (Wildman–Crippen LogP) is 3.98. The van der Waals surface area contributed by atoms with Crippen LogP contribution in [0.4, 0.5) is 0 Å². The van der Waals surface area contributed by atoms with Crippen molar-refractivity contribution in [1.82, 2.24) is 0 Å². The number of fused-ring (bicyclic) bond motifs is 1. The number of carbonyl (C=O) groups is 1. The van der Waals surface area contributed by atoms with Gasteiger partial charge in [0.15, 0.2) is 5.78 Å². The molecule has 17 heavy (non-hydrogen) atoms. The summed E-state index contributed by atoms with van der Waals surface area (Å²) in [6.07, 6.45) is 4.79. The molecule has 0 aromatic heterocycles. The van der Waals surface area contributed by atoms with Crippen molar-refractivity contribution in [3.63, 3.8) is 0 Å². The first-order valence-electron chi connectivity index (χ1n) is 6.08. The first kappa shape index (κ1) is 10.3. The Morgan fingerprint density at radius 1 is 0.941 bits per heavy atom. The molecule has 0 saturated carbocycles. The van der Waals surface area contributed by atoms with Crippen LogP contribution in [0.5, 0.6) is 0 Å². The highest BCUT2D eigenvalue weighted by Crippen LogP contribution is 2.29. The van der Waals surface area contributed by atoms with Crippen LogP contribution in [0.3, 0.4) is 0 Å². The normalized spacial score (nSPS) is 16.0. The Morgan fingerprint density at radius 2 is 1.76 bits per heavy atom. The van der Waals surface area contributed by atoms with Gasteiger partial charge in [0.1, 0.15) is 0 Å². The van der Waals surface area contributed by atoms with Gasteiger partial charge in [0, 0.05) is 12.0 Å². The Hall–Kier alpha value is -1.89. The largest absolute Gasteiger partial charge is 0.294 e. The van der Waals surface area contributed by atoms with Crippen molar-refractivity contribution in [1.29, 1.82) is 0 Å². The summed E-state index contributed by atoms with van der Waals surface area (Å²) in [6.45, 7) is 0. The number of carbonyl (C=O) groups excluding carboxylic acids is 1. The van der Waals surface area contributed by atoms with Crippen molar-refractivity contribution in [3.05, 3.63) is 54.1 Å². The molecule has 0 saturated heterocycles. The lowest BCUT2D eigenvalue weighted by atomic mass is 9.89. The Bertz CT molecular complexity index is 602. The number of benzene rings is 2. The molecule has 0 fully saturated rings. The number of ketones is 1. The Labute approximate surface area is 101 Å². The summed E-state index contributed by atoms with van der Waals surface area (Å²) in [7, 11) is 0.